The molecule has 3 aromatic rings. The number of benzene rings is 1. The van der Waals surface area contributed by atoms with Gasteiger partial charge in [-0.1, -0.05) is 0 Å². The lowest BCUT2D eigenvalue weighted by Crippen LogP contribution is -2.27. The zero-order valence-corrected chi connectivity index (χ0v) is 14.3. The van der Waals surface area contributed by atoms with Crippen molar-refractivity contribution in [1.82, 2.24) is 14.5 Å². The van der Waals surface area contributed by atoms with Crippen molar-refractivity contribution >= 4 is 17.5 Å². The molecule has 140 valence electrons. The van der Waals surface area contributed by atoms with Crippen LogP contribution in [0.5, 0.6) is 0 Å². The summed E-state index contributed by atoms with van der Waals surface area (Å²) in [6.45, 7) is -2.78. The summed E-state index contributed by atoms with van der Waals surface area (Å²) in [5.74, 6) is -0.509. The maximum absolute atomic E-state index is 12.9. The molecule has 7 nitrogen and oxygen atoms in total. The van der Waals surface area contributed by atoms with Gasteiger partial charge in [0.05, 0.1) is 12.8 Å². The molecule has 2 aromatic heterocycles. The van der Waals surface area contributed by atoms with Crippen LogP contribution in [0.4, 0.5) is 14.5 Å². The van der Waals surface area contributed by atoms with Gasteiger partial charge in [-0.15, -0.1) is 0 Å². The minimum atomic E-state index is -2.72. The summed E-state index contributed by atoms with van der Waals surface area (Å²) in [6.07, 6.45) is 3.82. The van der Waals surface area contributed by atoms with Crippen molar-refractivity contribution in [2.45, 2.75) is 13.1 Å². The number of carbonyl (C=O) groups is 2. The Morgan fingerprint density at radius 2 is 2.00 bits per heavy atom. The molecule has 0 saturated heterocycles. The van der Waals surface area contributed by atoms with Crippen molar-refractivity contribution < 1.29 is 22.8 Å². The van der Waals surface area contributed by atoms with Gasteiger partial charge in [-0.05, 0) is 36.4 Å². The molecule has 0 atom stereocenters. The highest BCUT2D eigenvalue weighted by Crippen LogP contribution is 2.16. The van der Waals surface area contributed by atoms with Crippen LogP contribution >= 0.6 is 0 Å². The number of hydrogen-bond donors (Lipinski definition) is 1. The van der Waals surface area contributed by atoms with Crippen LogP contribution < -0.4 is 5.32 Å². The number of amides is 2. The zero-order valence-electron chi connectivity index (χ0n) is 14.3. The van der Waals surface area contributed by atoms with Crippen molar-refractivity contribution in [2.75, 3.05) is 12.4 Å². The second kappa shape index (κ2) is 7.81. The molecule has 1 N–H and O–H groups in total. The van der Waals surface area contributed by atoms with Gasteiger partial charge in [0.1, 0.15) is 5.82 Å². The third kappa shape index (κ3) is 4.20. The van der Waals surface area contributed by atoms with Crippen molar-refractivity contribution in [1.29, 1.82) is 0 Å². The summed E-state index contributed by atoms with van der Waals surface area (Å²) in [4.78, 5) is 29.5. The maximum Gasteiger partial charge on any atom is 0.319 e. The predicted molar refractivity (Wildman–Crippen MR) is 92.4 cm³/mol. The molecule has 2 heterocycles. The number of alkyl halides is 2. The number of hydrogen-bond acceptors (Lipinski definition) is 4. The Bertz CT molecular complexity index is 921. The monoisotopic (exact) mass is 374 g/mol. The molecule has 9 heteroatoms. The highest BCUT2D eigenvalue weighted by molar-refractivity contribution is 6.02. The minimum Gasteiger partial charge on any atom is -0.459 e. The standard InChI is InChI=1S/C18H16F2N4O3/c1-23(11-15-21-8-9-24(15)18(19)20)17(26)12-4-6-13(7-5-12)22-16(25)14-3-2-10-27-14/h2-10,18H,11H2,1H3,(H,22,25). The second-order valence-corrected chi connectivity index (χ2v) is 5.70. The topological polar surface area (TPSA) is 80.4 Å². The van der Waals surface area contributed by atoms with Crippen LogP contribution in [-0.4, -0.2) is 33.3 Å². The van der Waals surface area contributed by atoms with Gasteiger partial charge in [-0.2, -0.15) is 8.78 Å². The van der Waals surface area contributed by atoms with Crippen molar-refractivity contribution in [2.24, 2.45) is 0 Å². The van der Waals surface area contributed by atoms with Crippen LogP contribution in [0.3, 0.4) is 0 Å². The lowest BCUT2D eigenvalue weighted by atomic mass is 10.2. The lowest BCUT2D eigenvalue weighted by molar-refractivity contribution is 0.0612. The van der Waals surface area contributed by atoms with Gasteiger partial charge < -0.3 is 14.6 Å². The second-order valence-electron chi connectivity index (χ2n) is 5.70. The molecule has 0 aliphatic heterocycles. The van der Waals surface area contributed by atoms with Gasteiger partial charge >= 0.3 is 6.55 Å². The van der Waals surface area contributed by atoms with E-state index in [1.54, 1.807) is 18.2 Å². The van der Waals surface area contributed by atoms with E-state index in [2.05, 4.69) is 10.3 Å². The van der Waals surface area contributed by atoms with Crippen molar-refractivity contribution in [3.05, 3.63) is 72.2 Å². The normalized spacial score (nSPS) is 10.8. The number of rotatable bonds is 6. The number of halogens is 2. The van der Waals surface area contributed by atoms with Gasteiger partial charge in [-0.3, -0.25) is 14.2 Å². The molecule has 0 fully saturated rings. The summed E-state index contributed by atoms with van der Waals surface area (Å²) in [7, 11) is 1.50. The quantitative estimate of drug-likeness (QED) is 0.717. The average Bonchev–Trinajstić information content (AvgIpc) is 3.33. The van der Waals surface area contributed by atoms with E-state index in [1.165, 1.54) is 42.6 Å². The molecule has 3 rings (SSSR count). The fourth-order valence-electron chi connectivity index (χ4n) is 2.44. The van der Waals surface area contributed by atoms with Gasteiger partial charge in [0.25, 0.3) is 11.8 Å². The van der Waals surface area contributed by atoms with E-state index in [4.69, 9.17) is 4.42 Å². The molecule has 0 bridgehead atoms. The molecule has 1 aromatic carbocycles. The largest absolute Gasteiger partial charge is 0.459 e. The van der Waals surface area contributed by atoms with Crippen LogP contribution in [0.15, 0.2) is 59.5 Å². The van der Waals surface area contributed by atoms with Crippen LogP contribution in [-0.2, 0) is 6.54 Å². The maximum atomic E-state index is 12.9. The van der Waals surface area contributed by atoms with E-state index < -0.39 is 12.5 Å². The first kappa shape index (κ1) is 18.3. The summed E-state index contributed by atoms with van der Waals surface area (Å²) < 4.78 is 31.4. The van der Waals surface area contributed by atoms with Crippen LogP contribution in [0.25, 0.3) is 0 Å². The summed E-state index contributed by atoms with van der Waals surface area (Å²) in [5.41, 5.74) is 0.840. The Kier molecular flexibility index (Phi) is 5.30. The molecule has 0 spiro atoms. The molecular formula is C18H16F2N4O3. The van der Waals surface area contributed by atoms with Crippen molar-refractivity contribution in [3.8, 4) is 0 Å². The minimum absolute atomic E-state index is 0.0623. The molecule has 2 amide bonds. The van der Waals surface area contributed by atoms with E-state index >= 15 is 0 Å². The van der Waals surface area contributed by atoms with Gasteiger partial charge in [0.15, 0.2) is 5.76 Å². The molecular weight excluding hydrogens is 358 g/mol. The van der Waals surface area contributed by atoms with E-state index in [0.717, 1.165) is 6.20 Å². The van der Waals surface area contributed by atoms with Crippen LogP contribution in [0.2, 0.25) is 0 Å². The van der Waals surface area contributed by atoms with E-state index in [1.807, 2.05) is 0 Å². The number of nitrogens with one attached hydrogen (secondary N) is 1. The van der Waals surface area contributed by atoms with Gasteiger partial charge in [0, 0.05) is 30.7 Å². The third-order valence-electron chi connectivity index (χ3n) is 3.82. The number of furan rings is 1. The number of imidazole rings is 1. The molecule has 0 aliphatic rings. The van der Waals surface area contributed by atoms with Crippen molar-refractivity contribution in [3.63, 3.8) is 0 Å². The smallest absolute Gasteiger partial charge is 0.319 e. The molecule has 0 saturated carbocycles. The Balaban J connectivity index is 1.64. The van der Waals surface area contributed by atoms with Crippen LogP contribution in [0, 0.1) is 0 Å². The number of nitrogens with zero attached hydrogens (tertiary/aromatic N) is 3. The fourth-order valence-corrected chi connectivity index (χ4v) is 2.44. The highest BCUT2D eigenvalue weighted by Gasteiger charge is 2.17. The van der Waals surface area contributed by atoms with Crippen LogP contribution in [0.1, 0.15) is 33.3 Å². The third-order valence-corrected chi connectivity index (χ3v) is 3.82. The summed E-state index contributed by atoms with van der Waals surface area (Å²) in [5, 5.41) is 2.64. The molecule has 0 aliphatic carbocycles. The van der Waals surface area contributed by atoms with Gasteiger partial charge in [0.2, 0.25) is 0 Å². The lowest BCUT2D eigenvalue weighted by Gasteiger charge is -2.18. The fraction of sp³-hybridized carbons (Fsp3) is 0.167. The van der Waals surface area contributed by atoms with Gasteiger partial charge in [-0.25, -0.2) is 4.98 Å². The Hall–Kier alpha value is -3.49. The SMILES string of the molecule is CN(Cc1nccn1C(F)F)C(=O)c1ccc(NC(=O)c2ccco2)cc1. The highest BCUT2D eigenvalue weighted by atomic mass is 19.3. The number of carbonyl (C=O) groups excluding carboxylic acids is 2. The van der Waals surface area contributed by atoms with E-state index in [9.17, 15) is 18.4 Å². The number of anilines is 1. The Labute approximate surface area is 153 Å². The zero-order chi connectivity index (χ0) is 19.4. The molecule has 27 heavy (non-hydrogen) atoms. The Morgan fingerprint density at radius 1 is 1.26 bits per heavy atom. The van der Waals surface area contributed by atoms with E-state index in [-0.39, 0.29) is 24.0 Å². The first-order valence-electron chi connectivity index (χ1n) is 7.96. The van der Waals surface area contributed by atoms with E-state index in [0.29, 0.717) is 15.8 Å². The summed E-state index contributed by atoms with van der Waals surface area (Å²) in [6, 6.07) is 9.35. The number of aromatic nitrogens is 2. The summed E-state index contributed by atoms with van der Waals surface area (Å²) >= 11 is 0. The average molecular weight is 374 g/mol. The first-order valence-corrected chi connectivity index (χ1v) is 7.96. The predicted octanol–water partition coefficient (Wildman–Crippen LogP) is 3.40. The Morgan fingerprint density at radius 3 is 2.63 bits per heavy atom. The molecule has 0 unspecified atom stereocenters. The molecule has 0 radical (unpaired) electrons. The first-order chi connectivity index (χ1) is 13.0.